The van der Waals surface area contributed by atoms with Crippen LogP contribution in [-0.2, 0) is 11.2 Å². The minimum absolute atomic E-state index is 0.110. The number of amides is 1. The van der Waals surface area contributed by atoms with Crippen molar-refractivity contribution < 1.29 is 19.1 Å². The predicted molar refractivity (Wildman–Crippen MR) is 123 cm³/mol. The summed E-state index contributed by atoms with van der Waals surface area (Å²) in [6.07, 6.45) is 2.24. The minimum atomic E-state index is -1.07. The van der Waals surface area contributed by atoms with Crippen molar-refractivity contribution in [1.82, 2.24) is 0 Å². The zero-order valence-electron chi connectivity index (χ0n) is 17.0. The molecule has 0 saturated heterocycles. The summed E-state index contributed by atoms with van der Waals surface area (Å²) in [6, 6.07) is 10.9. The van der Waals surface area contributed by atoms with Crippen LogP contribution in [0.2, 0.25) is 0 Å². The normalized spacial score (nSPS) is 9.55. The molecule has 0 spiro atoms. The van der Waals surface area contributed by atoms with Crippen LogP contribution in [0.5, 0.6) is 0 Å². The van der Waals surface area contributed by atoms with Crippen molar-refractivity contribution in [3.63, 3.8) is 0 Å². The second-order valence-corrected chi connectivity index (χ2v) is 7.09. The van der Waals surface area contributed by atoms with E-state index in [-0.39, 0.29) is 17.9 Å². The van der Waals surface area contributed by atoms with Crippen molar-refractivity contribution in [2.75, 3.05) is 5.32 Å². The third-order valence-electron chi connectivity index (χ3n) is 3.56. The standard InChI is InChI=1S/C18H14BrNO4S.2C2H6/c19-12-5-3-11(4-6-12)17-16(18(22)23)14(10-25-17)20-15(21)8-7-13-2-1-9-24-13;2*1-2/h1-6,9-10H,7-8H2,(H,20,21)(H,22,23);2*1-2H3. The number of carbonyl (C=O) groups excluding carboxylic acids is 1. The molecule has 1 amide bonds. The molecule has 0 aliphatic heterocycles. The number of aryl methyl sites for hydroxylation is 1. The molecule has 0 aliphatic rings. The van der Waals surface area contributed by atoms with Gasteiger partial charge in [-0.2, -0.15) is 0 Å². The maximum atomic E-state index is 12.1. The summed E-state index contributed by atoms with van der Waals surface area (Å²) in [7, 11) is 0. The highest BCUT2D eigenvalue weighted by Crippen LogP contribution is 2.36. The van der Waals surface area contributed by atoms with Gasteiger partial charge in [-0.3, -0.25) is 4.79 Å². The highest BCUT2D eigenvalue weighted by atomic mass is 79.9. The number of benzene rings is 1. The number of rotatable bonds is 6. The number of carboxylic acid groups (broad SMARTS) is 1. The van der Waals surface area contributed by atoms with Crippen LogP contribution < -0.4 is 5.32 Å². The molecule has 5 nitrogen and oxygen atoms in total. The van der Waals surface area contributed by atoms with Gasteiger partial charge in [0, 0.05) is 22.7 Å². The molecule has 29 heavy (non-hydrogen) atoms. The molecule has 0 aliphatic carbocycles. The number of aromatic carboxylic acids is 1. The molecule has 0 unspecified atom stereocenters. The van der Waals surface area contributed by atoms with E-state index in [0.717, 1.165) is 15.8 Å². The predicted octanol–water partition coefficient (Wildman–Crippen LogP) is 7.09. The number of halogens is 1. The fraction of sp³-hybridized carbons (Fsp3) is 0.273. The number of nitrogens with one attached hydrogen (secondary N) is 1. The lowest BCUT2D eigenvalue weighted by atomic mass is 10.1. The zero-order valence-corrected chi connectivity index (χ0v) is 19.4. The SMILES string of the molecule is CC.CC.O=C(CCc1ccco1)Nc1csc(-c2ccc(Br)cc2)c1C(=O)O. The van der Waals surface area contributed by atoms with Crippen LogP contribution >= 0.6 is 27.3 Å². The quantitative estimate of drug-likeness (QED) is 0.395. The number of thiophene rings is 1. The van der Waals surface area contributed by atoms with Crippen molar-refractivity contribution in [1.29, 1.82) is 0 Å². The van der Waals surface area contributed by atoms with Gasteiger partial charge in [-0.05, 0) is 29.8 Å². The lowest BCUT2D eigenvalue weighted by Gasteiger charge is -2.06. The molecule has 0 atom stereocenters. The first-order valence-electron chi connectivity index (χ1n) is 9.47. The summed E-state index contributed by atoms with van der Waals surface area (Å²) in [6.45, 7) is 8.00. The van der Waals surface area contributed by atoms with Crippen LogP contribution in [0.4, 0.5) is 5.69 Å². The van der Waals surface area contributed by atoms with Crippen LogP contribution in [0.3, 0.4) is 0 Å². The topological polar surface area (TPSA) is 79.5 Å². The van der Waals surface area contributed by atoms with Crippen LogP contribution in [0.15, 0.2) is 56.9 Å². The molecule has 0 saturated carbocycles. The summed E-state index contributed by atoms with van der Waals surface area (Å²) < 4.78 is 6.10. The van der Waals surface area contributed by atoms with Gasteiger partial charge in [0.15, 0.2) is 0 Å². The maximum Gasteiger partial charge on any atom is 0.339 e. The van der Waals surface area contributed by atoms with Crippen molar-refractivity contribution in [3.8, 4) is 10.4 Å². The molecule has 7 heteroatoms. The lowest BCUT2D eigenvalue weighted by Crippen LogP contribution is -2.14. The van der Waals surface area contributed by atoms with E-state index in [1.165, 1.54) is 11.3 Å². The number of hydrogen-bond donors (Lipinski definition) is 2. The molecule has 2 heterocycles. The van der Waals surface area contributed by atoms with Crippen molar-refractivity contribution in [2.24, 2.45) is 0 Å². The molecule has 3 rings (SSSR count). The molecule has 0 bridgehead atoms. The van der Waals surface area contributed by atoms with Crippen LogP contribution in [0, 0.1) is 0 Å². The number of furan rings is 1. The molecule has 2 N–H and O–H groups in total. The van der Waals surface area contributed by atoms with Crippen LogP contribution in [0.1, 0.15) is 50.2 Å². The Balaban J connectivity index is 0.000000989. The molecular weight excluding hydrogens is 454 g/mol. The molecule has 3 aromatic rings. The number of anilines is 1. The first-order valence-corrected chi connectivity index (χ1v) is 11.1. The van der Waals surface area contributed by atoms with E-state index < -0.39 is 5.97 Å². The van der Waals surface area contributed by atoms with E-state index in [4.69, 9.17) is 4.42 Å². The summed E-state index contributed by atoms with van der Waals surface area (Å²) in [5.74, 6) is -0.603. The Morgan fingerprint density at radius 2 is 1.76 bits per heavy atom. The third kappa shape index (κ3) is 7.18. The van der Waals surface area contributed by atoms with E-state index in [1.807, 2.05) is 52.0 Å². The Kier molecular flexibility index (Phi) is 11.0. The number of carboxylic acids is 1. The van der Waals surface area contributed by atoms with Gasteiger partial charge in [-0.15, -0.1) is 11.3 Å². The van der Waals surface area contributed by atoms with E-state index in [9.17, 15) is 14.7 Å². The highest BCUT2D eigenvalue weighted by molar-refractivity contribution is 9.10. The van der Waals surface area contributed by atoms with Crippen molar-refractivity contribution >= 4 is 44.8 Å². The number of hydrogen-bond acceptors (Lipinski definition) is 4. The number of carbonyl (C=O) groups is 2. The molecular formula is C22H26BrNO4S. The van der Waals surface area contributed by atoms with E-state index in [1.54, 1.807) is 23.8 Å². The van der Waals surface area contributed by atoms with Gasteiger partial charge in [0.05, 0.1) is 16.8 Å². The summed E-state index contributed by atoms with van der Waals surface area (Å²) in [4.78, 5) is 24.4. The van der Waals surface area contributed by atoms with Gasteiger partial charge in [0.1, 0.15) is 11.3 Å². The Morgan fingerprint density at radius 1 is 1.10 bits per heavy atom. The maximum absolute atomic E-state index is 12.1. The zero-order chi connectivity index (χ0) is 21.8. The first-order chi connectivity index (χ1) is 14.0. The second kappa shape index (κ2) is 13.0. The summed E-state index contributed by atoms with van der Waals surface area (Å²) >= 11 is 4.65. The Bertz CT molecular complexity index is 886. The Morgan fingerprint density at radius 3 is 2.31 bits per heavy atom. The fourth-order valence-electron chi connectivity index (χ4n) is 2.38. The average molecular weight is 480 g/mol. The average Bonchev–Trinajstić information content (AvgIpc) is 3.40. The monoisotopic (exact) mass is 479 g/mol. The van der Waals surface area contributed by atoms with Gasteiger partial charge in [0.25, 0.3) is 0 Å². The third-order valence-corrected chi connectivity index (χ3v) is 5.12. The molecule has 0 fully saturated rings. The Hall–Kier alpha value is -2.38. The second-order valence-electron chi connectivity index (χ2n) is 5.29. The summed E-state index contributed by atoms with van der Waals surface area (Å²) in [5.41, 5.74) is 1.22. The molecule has 156 valence electrons. The van der Waals surface area contributed by atoms with Gasteiger partial charge in [-0.1, -0.05) is 55.8 Å². The van der Waals surface area contributed by atoms with E-state index in [0.29, 0.717) is 17.0 Å². The molecule has 0 radical (unpaired) electrons. The molecule has 2 aromatic heterocycles. The lowest BCUT2D eigenvalue weighted by molar-refractivity contribution is -0.116. The first kappa shape index (κ1) is 24.7. The van der Waals surface area contributed by atoms with Gasteiger partial charge >= 0.3 is 5.97 Å². The van der Waals surface area contributed by atoms with Crippen molar-refractivity contribution in [2.45, 2.75) is 40.5 Å². The minimum Gasteiger partial charge on any atom is -0.478 e. The highest BCUT2D eigenvalue weighted by Gasteiger charge is 2.21. The van der Waals surface area contributed by atoms with Gasteiger partial charge in [0.2, 0.25) is 5.91 Å². The van der Waals surface area contributed by atoms with E-state index >= 15 is 0 Å². The van der Waals surface area contributed by atoms with Gasteiger partial charge < -0.3 is 14.8 Å². The van der Waals surface area contributed by atoms with E-state index in [2.05, 4.69) is 21.2 Å². The largest absolute Gasteiger partial charge is 0.478 e. The Labute approximate surface area is 183 Å². The van der Waals surface area contributed by atoms with Gasteiger partial charge in [-0.25, -0.2) is 4.79 Å². The summed E-state index contributed by atoms with van der Waals surface area (Å²) in [5, 5.41) is 13.9. The van der Waals surface area contributed by atoms with Crippen molar-refractivity contribution in [3.05, 3.63) is 63.8 Å². The fourth-order valence-corrected chi connectivity index (χ4v) is 3.64. The smallest absolute Gasteiger partial charge is 0.339 e. The van der Waals surface area contributed by atoms with Crippen LogP contribution in [-0.4, -0.2) is 17.0 Å². The molecule has 1 aromatic carbocycles. The van der Waals surface area contributed by atoms with Crippen LogP contribution in [0.25, 0.3) is 10.4 Å².